The molecule has 8 nitrogen and oxygen atoms in total. The van der Waals surface area contributed by atoms with E-state index in [4.69, 9.17) is 10.2 Å². The highest BCUT2D eigenvalue weighted by molar-refractivity contribution is 9.10. The third-order valence-electron chi connectivity index (χ3n) is 5.30. The van der Waals surface area contributed by atoms with Crippen LogP contribution in [0.2, 0.25) is 0 Å². The fourth-order valence-corrected chi connectivity index (χ4v) is 5.90. The predicted octanol–water partition coefficient (Wildman–Crippen LogP) is 6.11. The lowest BCUT2D eigenvalue weighted by atomic mass is 10.2. The lowest BCUT2D eigenvalue weighted by Gasteiger charge is -1.98. The lowest BCUT2D eigenvalue weighted by molar-refractivity contribution is 0.710. The van der Waals surface area contributed by atoms with E-state index in [2.05, 4.69) is 52.3 Å². The first-order chi connectivity index (χ1) is 16.6. The van der Waals surface area contributed by atoms with Crippen molar-refractivity contribution in [2.75, 3.05) is 0 Å². The van der Waals surface area contributed by atoms with Crippen molar-refractivity contribution < 1.29 is 0 Å². The van der Waals surface area contributed by atoms with Gasteiger partial charge in [-0.25, -0.2) is 0 Å². The molecule has 0 unspecified atom stereocenters. The number of fused-ring (bicyclic) bond motifs is 2. The summed E-state index contributed by atoms with van der Waals surface area (Å²) in [5.41, 5.74) is 2.00. The fraction of sp³-hybridized carbons (Fsp3) is 0.182. The van der Waals surface area contributed by atoms with Crippen molar-refractivity contribution in [1.82, 2.24) is 39.6 Å². The minimum Gasteiger partial charge on any atom is -0.183 e. The van der Waals surface area contributed by atoms with Gasteiger partial charge in [0.1, 0.15) is 10.0 Å². The monoisotopic (exact) mass is 614 g/mol. The van der Waals surface area contributed by atoms with Gasteiger partial charge in [-0.2, -0.15) is 19.2 Å². The number of nitrogens with zero attached hydrogens (tertiary/aromatic N) is 8. The van der Waals surface area contributed by atoms with Crippen LogP contribution in [0.1, 0.15) is 22.9 Å². The van der Waals surface area contributed by atoms with Crippen LogP contribution in [0.15, 0.2) is 57.5 Å². The van der Waals surface area contributed by atoms with Crippen LogP contribution in [0.4, 0.5) is 0 Å². The first-order valence-corrected chi connectivity index (χ1v) is 13.8. The van der Waals surface area contributed by atoms with Crippen molar-refractivity contribution >= 4 is 64.5 Å². The number of aryl methyl sites for hydroxylation is 2. The molecule has 0 bridgehead atoms. The van der Waals surface area contributed by atoms with Gasteiger partial charge in [0.15, 0.2) is 11.6 Å². The number of halogens is 2. The summed E-state index contributed by atoms with van der Waals surface area (Å²) in [4.78, 5) is 1.64. The van der Waals surface area contributed by atoms with E-state index in [1.807, 2.05) is 57.6 Å². The number of benzene rings is 2. The van der Waals surface area contributed by atoms with Crippen molar-refractivity contribution in [2.24, 2.45) is 0 Å². The van der Waals surface area contributed by atoms with Crippen molar-refractivity contribution in [1.29, 1.82) is 0 Å². The van der Waals surface area contributed by atoms with Crippen molar-refractivity contribution in [3.63, 3.8) is 0 Å². The number of hydrogen-bond acceptors (Lipinski definition) is 8. The van der Waals surface area contributed by atoms with Crippen molar-refractivity contribution in [3.8, 4) is 22.8 Å². The van der Waals surface area contributed by atoms with Gasteiger partial charge in [-0.05, 0) is 37.1 Å². The van der Waals surface area contributed by atoms with Gasteiger partial charge in [0.25, 0.3) is 0 Å². The normalized spacial score (nSPS) is 11.7. The minimum absolute atomic E-state index is 0.770. The van der Waals surface area contributed by atoms with Crippen molar-refractivity contribution in [3.05, 3.63) is 67.5 Å². The molecule has 0 spiro atoms. The second-order valence-corrected chi connectivity index (χ2v) is 11.6. The first-order valence-electron chi connectivity index (χ1n) is 10.6. The van der Waals surface area contributed by atoms with Gasteiger partial charge in [-0.1, -0.05) is 78.8 Å². The molecule has 0 fully saturated rings. The van der Waals surface area contributed by atoms with E-state index in [1.54, 1.807) is 22.7 Å². The first kappa shape index (κ1) is 22.0. The van der Waals surface area contributed by atoms with Crippen LogP contribution in [0, 0.1) is 0 Å². The maximum Gasteiger partial charge on any atom is 0.234 e. The van der Waals surface area contributed by atoms with Gasteiger partial charge in [-0.3, -0.25) is 0 Å². The van der Waals surface area contributed by atoms with E-state index < -0.39 is 0 Å². The zero-order valence-corrected chi connectivity index (χ0v) is 22.4. The smallest absolute Gasteiger partial charge is 0.183 e. The highest BCUT2D eigenvalue weighted by Gasteiger charge is 2.15. The van der Waals surface area contributed by atoms with Crippen LogP contribution < -0.4 is 0 Å². The average Bonchev–Trinajstić information content (AvgIpc) is 3.59. The molecule has 4 aromatic heterocycles. The maximum atomic E-state index is 4.75. The Labute approximate surface area is 219 Å². The molecular weight excluding hydrogens is 600 g/mol. The molecule has 6 aromatic rings. The Morgan fingerprint density at radius 1 is 0.588 bits per heavy atom. The Morgan fingerprint density at radius 3 is 1.41 bits per heavy atom. The maximum absolute atomic E-state index is 4.75. The van der Waals surface area contributed by atoms with Gasteiger partial charge >= 0.3 is 0 Å². The molecule has 2 aromatic carbocycles. The van der Waals surface area contributed by atoms with Crippen LogP contribution in [-0.2, 0) is 12.8 Å². The van der Waals surface area contributed by atoms with E-state index >= 15 is 0 Å². The average molecular weight is 616 g/mol. The summed E-state index contributed by atoms with van der Waals surface area (Å²) in [6.07, 6.45) is 3.86. The molecule has 0 amide bonds. The largest absolute Gasteiger partial charge is 0.234 e. The SMILES string of the molecule is Brc1ccc(-c2nnc3sc(CCCCc4nn5c(-c6ccc(Br)cc6)nnc5s4)nn23)cc1. The van der Waals surface area contributed by atoms with E-state index in [0.717, 1.165) is 77.3 Å². The van der Waals surface area contributed by atoms with E-state index in [0.29, 0.717) is 0 Å². The molecule has 0 aliphatic carbocycles. The van der Waals surface area contributed by atoms with Gasteiger partial charge < -0.3 is 0 Å². The van der Waals surface area contributed by atoms with Crippen LogP contribution in [-0.4, -0.2) is 39.6 Å². The van der Waals surface area contributed by atoms with Gasteiger partial charge in [0.2, 0.25) is 9.92 Å². The Kier molecular flexibility index (Phi) is 5.97. The fourth-order valence-electron chi connectivity index (χ4n) is 3.63. The topological polar surface area (TPSA) is 86.2 Å². The third-order valence-corrected chi connectivity index (χ3v) is 8.28. The second-order valence-electron chi connectivity index (χ2n) is 7.65. The summed E-state index contributed by atoms with van der Waals surface area (Å²) in [6.45, 7) is 0. The summed E-state index contributed by atoms with van der Waals surface area (Å²) in [6, 6.07) is 16.1. The second kappa shape index (κ2) is 9.25. The van der Waals surface area contributed by atoms with Crippen molar-refractivity contribution in [2.45, 2.75) is 25.7 Å². The summed E-state index contributed by atoms with van der Waals surface area (Å²) in [7, 11) is 0. The Hall–Kier alpha value is -2.54. The molecule has 6 rings (SSSR count). The molecule has 0 N–H and O–H groups in total. The lowest BCUT2D eigenvalue weighted by Crippen LogP contribution is -1.95. The molecule has 34 heavy (non-hydrogen) atoms. The van der Waals surface area contributed by atoms with Crippen LogP contribution in [0.5, 0.6) is 0 Å². The minimum atomic E-state index is 0.770. The predicted molar refractivity (Wildman–Crippen MR) is 140 cm³/mol. The van der Waals surface area contributed by atoms with Crippen LogP contribution in [0.25, 0.3) is 32.7 Å². The molecule has 0 aliphatic rings. The third kappa shape index (κ3) is 4.30. The summed E-state index contributed by atoms with van der Waals surface area (Å²) in [5, 5.41) is 28.9. The molecule has 170 valence electrons. The van der Waals surface area contributed by atoms with Gasteiger partial charge in [-0.15, -0.1) is 20.4 Å². The highest BCUT2D eigenvalue weighted by atomic mass is 79.9. The zero-order valence-electron chi connectivity index (χ0n) is 17.6. The zero-order chi connectivity index (χ0) is 23.1. The standard InChI is InChI=1S/C22H16Br2N8S2/c23-15-9-5-13(6-10-15)19-25-27-21-31(19)29-17(33-21)3-1-2-4-18-30-32-20(26-28-22(32)34-18)14-7-11-16(24)12-8-14/h5-12H,1-4H2. The Bertz CT molecular complexity index is 1460. The van der Waals surface area contributed by atoms with E-state index in [1.165, 1.54) is 0 Å². The Morgan fingerprint density at radius 2 is 1.00 bits per heavy atom. The van der Waals surface area contributed by atoms with Gasteiger partial charge in [0.05, 0.1) is 0 Å². The van der Waals surface area contributed by atoms with E-state index in [9.17, 15) is 0 Å². The number of hydrogen-bond donors (Lipinski definition) is 0. The molecule has 4 heterocycles. The molecular formula is C22H16Br2N8S2. The molecule has 0 saturated heterocycles. The molecule has 0 aliphatic heterocycles. The number of rotatable bonds is 7. The Balaban J connectivity index is 1.10. The van der Waals surface area contributed by atoms with Gasteiger partial charge in [0, 0.05) is 32.9 Å². The summed E-state index contributed by atoms with van der Waals surface area (Å²) < 4.78 is 5.75. The quantitative estimate of drug-likeness (QED) is 0.201. The van der Waals surface area contributed by atoms with Crippen LogP contribution >= 0.6 is 54.5 Å². The summed E-state index contributed by atoms with van der Waals surface area (Å²) in [5.74, 6) is 1.54. The summed E-state index contributed by atoms with van der Waals surface area (Å²) >= 11 is 10.1. The van der Waals surface area contributed by atoms with Crippen LogP contribution in [0.3, 0.4) is 0 Å². The molecule has 0 radical (unpaired) electrons. The number of unbranched alkanes of at least 4 members (excludes halogenated alkanes) is 1. The highest BCUT2D eigenvalue weighted by Crippen LogP contribution is 2.26. The number of aromatic nitrogens is 8. The molecule has 0 atom stereocenters. The van der Waals surface area contributed by atoms with E-state index in [-0.39, 0.29) is 0 Å². The molecule has 12 heteroatoms. The molecule has 0 saturated carbocycles.